The highest BCUT2D eigenvalue weighted by Gasteiger charge is 2.17. The summed E-state index contributed by atoms with van der Waals surface area (Å²) in [7, 11) is 0. The Morgan fingerprint density at radius 2 is 1.66 bits per heavy atom. The molecule has 4 aromatic rings. The molecule has 8 nitrogen and oxygen atoms in total. The average Bonchev–Trinajstić information content (AvgIpc) is 3.27. The first-order chi connectivity index (χ1) is 17.0. The molecule has 3 aromatic carbocycles. The molecule has 5 rings (SSSR count). The number of aromatic nitrogens is 1. The second-order valence-corrected chi connectivity index (χ2v) is 8.79. The third-order valence-electron chi connectivity index (χ3n) is 6.42. The van der Waals surface area contributed by atoms with E-state index in [9.17, 15) is 14.9 Å². The zero-order valence-corrected chi connectivity index (χ0v) is 19.3. The van der Waals surface area contributed by atoms with Gasteiger partial charge in [-0.05, 0) is 42.0 Å². The Bertz CT molecular complexity index is 1330. The second kappa shape index (κ2) is 9.99. The lowest BCUT2D eigenvalue weighted by molar-refractivity contribution is -0.384. The first kappa shape index (κ1) is 22.6. The first-order valence-corrected chi connectivity index (χ1v) is 11.7. The number of nitrogens with one attached hydrogen (secondary N) is 1. The Hall–Kier alpha value is -4.17. The Kier molecular flexibility index (Phi) is 6.45. The molecule has 0 spiro atoms. The van der Waals surface area contributed by atoms with Crippen LogP contribution in [0, 0.1) is 10.1 Å². The molecule has 0 saturated carbocycles. The van der Waals surface area contributed by atoms with Crippen LogP contribution in [0.3, 0.4) is 0 Å². The maximum Gasteiger partial charge on any atom is 0.270 e. The van der Waals surface area contributed by atoms with E-state index in [2.05, 4.69) is 39.4 Å². The van der Waals surface area contributed by atoms with Gasteiger partial charge in [0.2, 0.25) is 5.91 Å². The van der Waals surface area contributed by atoms with Gasteiger partial charge in [-0.2, -0.15) is 0 Å². The molecule has 2 heterocycles. The van der Waals surface area contributed by atoms with Crippen LogP contribution in [-0.2, 0) is 17.9 Å². The largest absolute Gasteiger partial charge is 0.369 e. The van der Waals surface area contributed by atoms with Gasteiger partial charge in [-0.15, -0.1) is 0 Å². The van der Waals surface area contributed by atoms with Gasteiger partial charge in [-0.3, -0.25) is 19.8 Å². The average molecular weight is 470 g/mol. The van der Waals surface area contributed by atoms with E-state index >= 15 is 0 Å². The molecule has 1 N–H and O–H groups in total. The van der Waals surface area contributed by atoms with Gasteiger partial charge >= 0.3 is 0 Å². The number of benzene rings is 3. The van der Waals surface area contributed by atoms with Crippen LogP contribution >= 0.6 is 0 Å². The van der Waals surface area contributed by atoms with Gasteiger partial charge in [-0.25, -0.2) is 0 Å². The van der Waals surface area contributed by atoms with Crippen molar-refractivity contribution in [2.24, 2.45) is 0 Å². The first-order valence-electron chi connectivity index (χ1n) is 11.7. The number of carbonyl (C=O) groups is 1. The quantitative estimate of drug-likeness (QED) is 0.318. The molecule has 1 aliphatic heterocycles. The molecular formula is C27H27N5O3. The van der Waals surface area contributed by atoms with E-state index in [1.807, 2.05) is 30.3 Å². The fourth-order valence-corrected chi connectivity index (χ4v) is 4.56. The molecule has 0 unspecified atom stereocenters. The molecule has 0 aliphatic carbocycles. The van der Waals surface area contributed by atoms with Crippen molar-refractivity contribution in [2.45, 2.75) is 13.1 Å². The summed E-state index contributed by atoms with van der Waals surface area (Å²) in [6.07, 6.45) is 1.77. The second-order valence-electron chi connectivity index (χ2n) is 8.79. The van der Waals surface area contributed by atoms with Crippen molar-refractivity contribution in [3.63, 3.8) is 0 Å². The minimum absolute atomic E-state index is 0.0393. The Labute approximate surface area is 203 Å². The molecule has 1 aromatic heterocycles. The molecule has 1 aliphatic rings. The predicted octanol–water partition coefficient (Wildman–Crippen LogP) is 4.51. The topological polar surface area (TPSA) is 83.6 Å². The number of amides is 1. The van der Waals surface area contributed by atoms with Crippen LogP contribution < -0.4 is 10.2 Å². The van der Waals surface area contributed by atoms with Crippen molar-refractivity contribution >= 4 is 33.9 Å². The van der Waals surface area contributed by atoms with Crippen LogP contribution in [-0.4, -0.2) is 46.5 Å². The minimum atomic E-state index is -0.419. The fourth-order valence-electron chi connectivity index (χ4n) is 4.56. The molecule has 1 fully saturated rings. The normalized spacial score (nSPS) is 14.2. The summed E-state index contributed by atoms with van der Waals surface area (Å²) in [4.78, 5) is 28.0. The number of hydrogen-bond donors (Lipinski definition) is 1. The molecule has 0 bridgehead atoms. The van der Waals surface area contributed by atoms with Crippen LogP contribution in [0.5, 0.6) is 0 Å². The summed E-state index contributed by atoms with van der Waals surface area (Å²) in [6, 6.07) is 24.9. The number of fused-ring (bicyclic) bond motifs is 1. The molecule has 1 saturated heterocycles. The van der Waals surface area contributed by atoms with E-state index in [4.69, 9.17) is 0 Å². The van der Waals surface area contributed by atoms with Crippen LogP contribution in [0.15, 0.2) is 85.1 Å². The molecule has 178 valence electrons. The highest BCUT2D eigenvalue weighted by Crippen LogP contribution is 2.23. The Morgan fingerprint density at radius 3 is 2.37 bits per heavy atom. The van der Waals surface area contributed by atoms with E-state index in [-0.39, 0.29) is 18.1 Å². The highest BCUT2D eigenvalue weighted by molar-refractivity contribution is 5.92. The SMILES string of the molecule is O=C(Cn1ccc2cc([N+](=O)[O-])ccc21)Nc1ccc(N2CCN(Cc3ccccc3)CC2)cc1. The molecular weight excluding hydrogens is 442 g/mol. The van der Waals surface area contributed by atoms with Crippen molar-refractivity contribution in [3.8, 4) is 0 Å². The number of hydrogen-bond acceptors (Lipinski definition) is 5. The zero-order chi connectivity index (χ0) is 24.2. The Balaban J connectivity index is 1.14. The zero-order valence-electron chi connectivity index (χ0n) is 19.3. The number of nitrogens with zero attached hydrogens (tertiary/aromatic N) is 4. The fraction of sp³-hybridized carbons (Fsp3) is 0.222. The van der Waals surface area contributed by atoms with E-state index < -0.39 is 4.92 Å². The maximum atomic E-state index is 12.6. The van der Waals surface area contributed by atoms with E-state index in [0.717, 1.165) is 55.0 Å². The number of piperazine rings is 1. The molecule has 0 atom stereocenters. The van der Waals surface area contributed by atoms with Gasteiger partial charge in [0.25, 0.3) is 5.69 Å². The molecule has 1 amide bonds. The van der Waals surface area contributed by atoms with Crippen molar-refractivity contribution in [2.75, 3.05) is 36.4 Å². The monoisotopic (exact) mass is 469 g/mol. The summed E-state index contributed by atoms with van der Waals surface area (Å²) in [5, 5.41) is 14.6. The summed E-state index contributed by atoms with van der Waals surface area (Å²) < 4.78 is 1.79. The number of nitro benzene ring substituents is 1. The van der Waals surface area contributed by atoms with Crippen molar-refractivity contribution in [1.29, 1.82) is 0 Å². The number of anilines is 2. The van der Waals surface area contributed by atoms with Gasteiger partial charge in [0.15, 0.2) is 0 Å². The minimum Gasteiger partial charge on any atom is -0.369 e. The van der Waals surface area contributed by atoms with E-state index in [1.165, 1.54) is 17.7 Å². The smallest absolute Gasteiger partial charge is 0.270 e. The standard InChI is InChI=1S/C27H27N5O3/c33-27(20-31-13-12-22-18-25(32(34)35)10-11-26(22)31)28-23-6-8-24(9-7-23)30-16-14-29(15-17-30)19-21-4-2-1-3-5-21/h1-13,18H,14-17,19-20H2,(H,28,33). The Morgan fingerprint density at radius 1 is 0.914 bits per heavy atom. The van der Waals surface area contributed by atoms with E-state index in [1.54, 1.807) is 22.9 Å². The summed E-state index contributed by atoms with van der Waals surface area (Å²) in [6.45, 7) is 5.08. The summed E-state index contributed by atoms with van der Waals surface area (Å²) >= 11 is 0. The van der Waals surface area contributed by atoms with Crippen LogP contribution in [0.4, 0.5) is 17.1 Å². The van der Waals surface area contributed by atoms with Crippen LogP contribution in [0.2, 0.25) is 0 Å². The van der Waals surface area contributed by atoms with Crippen LogP contribution in [0.1, 0.15) is 5.56 Å². The van der Waals surface area contributed by atoms with Crippen molar-refractivity contribution in [3.05, 3.63) is 101 Å². The lowest BCUT2D eigenvalue weighted by Crippen LogP contribution is -2.45. The summed E-state index contributed by atoms with van der Waals surface area (Å²) in [5.74, 6) is -0.150. The van der Waals surface area contributed by atoms with Gasteiger partial charge in [0, 0.05) is 73.3 Å². The lowest BCUT2D eigenvalue weighted by atomic mass is 10.2. The van der Waals surface area contributed by atoms with Gasteiger partial charge in [0.1, 0.15) is 6.54 Å². The van der Waals surface area contributed by atoms with Crippen LogP contribution in [0.25, 0.3) is 10.9 Å². The third kappa shape index (κ3) is 5.33. The maximum absolute atomic E-state index is 12.6. The number of non-ortho nitro benzene ring substituents is 1. The van der Waals surface area contributed by atoms with Gasteiger partial charge in [-0.1, -0.05) is 30.3 Å². The van der Waals surface area contributed by atoms with Gasteiger partial charge in [0.05, 0.1) is 4.92 Å². The molecule has 8 heteroatoms. The number of nitro groups is 1. The number of carbonyl (C=O) groups excluding carboxylic acids is 1. The molecule has 0 radical (unpaired) electrons. The number of rotatable bonds is 7. The third-order valence-corrected chi connectivity index (χ3v) is 6.42. The highest BCUT2D eigenvalue weighted by atomic mass is 16.6. The summed E-state index contributed by atoms with van der Waals surface area (Å²) in [5.41, 5.74) is 4.06. The van der Waals surface area contributed by atoms with Crippen molar-refractivity contribution in [1.82, 2.24) is 9.47 Å². The predicted molar refractivity (Wildman–Crippen MR) is 138 cm³/mol. The van der Waals surface area contributed by atoms with Gasteiger partial charge < -0.3 is 14.8 Å². The molecule has 35 heavy (non-hydrogen) atoms. The lowest BCUT2D eigenvalue weighted by Gasteiger charge is -2.36. The van der Waals surface area contributed by atoms with Crippen molar-refractivity contribution < 1.29 is 9.72 Å². The van der Waals surface area contributed by atoms with E-state index in [0.29, 0.717) is 0 Å².